The summed E-state index contributed by atoms with van der Waals surface area (Å²) >= 11 is 0. The van der Waals surface area contributed by atoms with Gasteiger partial charge >= 0.3 is 12.2 Å². The molecule has 0 radical (unpaired) electrons. The number of amides is 2. The first-order valence-corrected chi connectivity index (χ1v) is 7.39. The van der Waals surface area contributed by atoms with Gasteiger partial charge in [-0.2, -0.15) is 13.2 Å². The molecule has 1 fully saturated rings. The zero-order valence-electron chi connectivity index (χ0n) is 12.7. The second-order valence-electron chi connectivity index (χ2n) is 5.31. The highest BCUT2D eigenvalue weighted by Crippen LogP contribution is 2.13. The number of hydrogen-bond acceptors (Lipinski definition) is 3. The van der Waals surface area contributed by atoms with Gasteiger partial charge in [0.05, 0.1) is 13.2 Å². The molecule has 0 saturated carbocycles. The maximum absolute atomic E-state index is 12.0. The zero-order chi connectivity index (χ0) is 16.7. The van der Waals surface area contributed by atoms with Gasteiger partial charge < -0.3 is 15.4 Å². The third-order valence-corrected chi connectivity index (χ3v) is 3.50. The summed E-state index contributed by atoms with van der Waals surface area (Å²) in [6, 6.07) is 6.74. The largest absolute Gasteiger partial charge is 0.405 e. The van der Waals surface area contributed by atoms with Gasteiger partial charge in [-0.05, 0) is 11.1 Å². The van der Waals surface area contributed by atoms with E-state index < -0.39 is 18.8 Å². The first-order valence-electron chi connectivity index (χ1n) is 7.39. The van der Waals surface area contributed by atoms with Gasteiger partial charge in [-0.1, -0.05) is 24.3 Å². The first kappa shape index (κ1) is 17.6. The van der Waals surface area contributed by atoms with Gasteiger partial charge in [0.25, 0.3) is 0 Å². The fourth-order valence-corrected chi connectivity index (χ4v) is 2.30. The van der Waals surface area contributed by atoms with Crippen LogP contribution in [0.15, 0.2) is 24.3 Å². The fourth-order valence-electron chi connectivity index (χ4n) is 2.30. The van der Waals surface area contributed by atoms with Crippen LogP contribution in [0.1, 0.15) is 11.1 Å². The molecular formula is C15H20F3N3O2. The number of rotatable bonds is 5. The van der Waals surface area contributed by atoms with Crippen LogP contribution in [-0.2, 0) is 17.8 Å². The fraction of sp³-hybridized carbons (Fsp3) is 0.533. The molecule has 128 valence electrons. The average molecular weight is 331 g/mol. The number of nitrogens with zero attached hydrogens (tertiary/aromatic N) is 1. The Hall–Kier alpha value is -1.80. The number of ether oxygens (including phenoxy) is 1. The summed E-state index contributed by atoms with van der Waals surface area (Å²) in [5.74, 6) is 0. The normalized spacial score (nSPS) is 16.1. The van der Waals surface area contributed by atoms with E-state index in [4.69, 9.17) is 4.74 Å². The molecule has 1 aromatic rings. The van der Waals surface area contributed by atoms with E-state index in [1.54, 1.807) is 5.32 Å². The minimum Gasteiger partial charge on any atom is -0.379 e. The van der Waals surface area contributed by atoms with Crippen molar-refractivity contribution in [3.63, 3.8) is 0 Å². The lowest BCUT2D eigenvalue weighted by atomic mass is 10.1. The van der Waals surface area contributed by atoms with E-state index in [9.17, 15) is 18.0 Å². The molecule has 2 N–H and O–H groups in total. The Bertz CT molecular complexity index is 517. The number of alkyl halides is 3. The van der Waals surface area contributed by atoms with Crippen LogP contribution in [0.5, 0.6) is 0 Å². The van der Waals surface area contributed by atoms with Crippen LogP contribution in [0.2, 0.25) is 0 Å². The number of halogens is 3. The lowest BCUT2D eigenvalue weighted by Gasteiger charge is -2.27. The third kappa shape index (κ3) is 6.45. The molecule has 8 heteroatoms. The molecule has 23 heavy (non-hydrogen) atoms. The Labute approximate surface area is 132 Å². The van der Waals surface area contributed by atoms with Crippen LogP contribution >= 0.6 is 0 Å². The van der Waals surface area contributed by atoms with Gasteiger partial charge in [0, 0.05) is 26.2 Å². The molecule has 2 rings (SSSR count). The predicted octanol–water partition coefficient (Wildman–Crippen LogP) is 1.88. The van der Waals surface area contributed by atoms with E-state index in [0.717, 1.165) is 30.8 Å². The molecule has 0 atom stereocenters. The van der Waals surface area contributed by atoms with Crippen molar-refractivity contribution in [3.05, 3.63) is 35.4 Å². The van der Waals surface area contributed by atoms with Gasteiger partial charge in [-0.15, -0.1) is 0 Å². The monoisotopic (exact) mass is 331 g/mol. The second-order valence-corrected chi connectivity index (χ2v) is 5.31. The van der Waals surface area contributed by atoms with Crippen molar-refractivity contribution >= 4 is 6.03 Å². The number of urea groups is 1. The van der Waals surface area contributed by atoms with E-state index >= 15 is 0 Å². The molecule has 5 nitrogen and oxygen atoms in total. The average Bonchev–Trinajstić information content (AvgIpc) is 2.52. The summed E-state index contributed by atoms with van der Waals surface area (Å²) in [6.07, 6.45) is -4.41. The molecule has 0 unspecified atom stereocenters. The highest BCUT2D eigenvalue weighted by Gasteiger charge is 2.27. The van der Waals surface area contributed by atoms with E-state index in [-0.39, 0.29) is 6.54 Å². The topological polar surface area (TPSA) is 53.6 Å². The number of carbonyl (C=O) groups excluding carboxylic acids is 1. The standard InChI is InChI=1S/C15H20F3N3O2/c16-15(17,18)11-20-14(22)19-9-12-3-1-2-4-13(12)10-21-5-7-23-8-6-21/h1-4H,5-11H2,(H2,19,20,22). The van der Waals surface area contributed by atoms with Crippen LogP contribution in [0, 0.1) is 0 Å². The Morgan fingerprint density at radius 3 is 2.43 bits per heavy atom. The summed E-state index contributed by atoms with van der Waals surface area (Å²) in [5.41, 5.74) is 1.94. The summed E-state index contributed by atoms with van der Waals surface area (Å²) < 4.78 is 41.4. The number of carbonyl (C=O) groups is 1. The van der Waals surface area contributed by atoms with Crippen molar-refractivity contribution in [2.24, 2.45) is 0 Å². The van der Waals surface area contributed by atoms with Crippen molar-refractivity contribution in [3.8, 4) is 0 Å². The molecule has 0 aromatic heterocycles. The molecule has 1 aliphatic heterocycles. The highest BCUT2D eigenvalue weighted by molar-refractivity contribution is 5.73. The molecule has 0 aliphatic carbocycles. The van der Waals surface area contributed by atoms with Gasteiger partial charge in [0.2, 0.25) is 0 Å². The first-order chi connectivity index (χ1) is 10.9. The molecule has 1 saturated heterocycles. The minimum atomic E-state index is -4.41. The quantitative estimate of drug-likeness (QED) is 0.866. The van der Waals surface area contributed by atoms with Gasteiger partial charge in [0.1, 0.15) is 6.54 Å². The number of morpholine rings is 1. The molecule has 2 amide bonds. The summed E-state index contributed by atoms with van der Waals surface area (Å²) in [4.78, 5) is 13.7. The Morgan fingerprint density at radius 1 is 1.13 bits per heavy atom. The van der Waals surface area contributed by atoms with Crippen LogP contribution < -0.4 is 10.6 Å². The molecule has 1 heterocycles. The maximum Gasteiger partial charge on any atom is 0.405 e. The molecular weight excluding hydrogens is 311 g/mol. The van der Waals surface area contributed by atoms with E-state index in [0.29, 0.717) is 13.2 Å². The Kier molecular flexibility index (Phi) is 6.23. The Morgan fingerprint density at radius 2 is 1.78 bits per heavy atom. The smallest absolute Gasteiger partial charge is 0.379 e. The van der Waals surface area contributed by atoms with E-state index in [1.807, 2.05) is 24.3 Å². The second kappa shape index (κ2) is 8.16. The zero-order valence-corrected chi connectivity index (χ0v) is 12.7. The summed E-state index contributed by atoms with van der Waals surface area (Å²) in [7, 11) is 0. The molecule has 0 spiro atoms. The number of benzene rings is 1. The number of hydrogen-bond donors (Lipinski definition) is 2. The summed E-state index contributed by atoms with van der Waals surface area (Å²) in [6.45, 7) is 2.64. The Balaban J connectivity index is 1.86. The van der Waals surface area contributed by atoms with Crippen LogP contribution in [0.3, 0.4) is 0 Å². The highest BCUT2D eigenvalue weighted by atomic mass is 19.4. The van der Waals surface area contributed by atoms with Crippen molar-refractivity contribution in [1.29, 1.82) is 0 Å². The molecule has 1 aromatic carbocycles. The van der Waals surface area contributed by atoms with Crippen molar-refractivity contribution < 1.29 is 22.7 Å². The van der Waals surface area contributed by atoms with E-state index in [1.165, 1.54) is 0 Å². The van der Waals surface area contributed by atoms with Crippen molar-refractivity contribution in [2.45, 2.75) is 19.3 Å². The minimum absolute atomic E-state index is 0.185. The lowest BCUT2D eigenvalue weighted by Crippen LogP contribution is -2.40. The van der Waals surface area contributed by atoms with Crippen molar-refractivity contribution in [1.82, 2.24) is 15.5 Å². The molecule has 1 aliphatic rings. The maximum atomic E-state index is 12.0. The van der Waals surface area contributed by atoms with Gasteiger partial charge in [-0.3, -0.25) is 4.90 Å². The lowest BCUT2D eigenvalue weighted by molar-refractivity contribution is -0.122. The summed E-state index contributed by atoms with van der Waals surface area (Å²) in [5, 5.41) is 4.25. The molecule has 0 bridgehead atoms. The third-order valence-electron chi connectivity index (χ3n) is 3.50. The van der Waals surface area contributed by atoms with E-state index in [2.05, 4.69) is 10.2 Å². The van der Waals surface area contributed by atoms with Gasteiger partial charge in [-0.25, -0.2) is 4.79 Å². The van der Waals surface area contributed by atoms with Crippen LogP contribution in [0.25, 0.3) is 0 Å². The van der Waals surface area contributed by atoms with Crippen molar-refractivity contribution in [2.75, 3.05) is 32.8 Å². The predicted molar refractivity (Wildman–Crippen MR) is 78.8 cm³/mol. The SMILES string of the molecule is O=C(NCc1ccccc1CN1CCOCC1)NCC(F)(F)F. The van der Waals surface area contributed by atoms with Crippen LogP contribution in [-0.4, -0.2) is 50.0 Å². The van der Waals surface area contributed by atoms with Crippen LogP contribution in [0.4, 0.5) is 18.0 Å². The number of nitrogens with one attached hydrogen (secondary N) is 2. The van der Waals surface area contributed by atoms with Gasteiger partial charge in [0.15, 0.2) is 0 Å².